The maximum atomic E-state index is 5.73. The average molecular weight is 204 g/mol. The van der Waals surface area contributed by atoms with Crippen LogP contribution in [0.2, 0.25) is 0 Å². The van der Waals surface area contributed by atoms with Crippen LogP contribution in [-0.2, 0) is 13.6 Å². The van der Waals surface area contributed by atoms with Crippen LogP contribution in [0.3, 0.4) is 0 Å². The summed E-state index contributed by atoms with van der Waals surface area (Å²) >= 11 is 0. The van der Waals surface area contributed by atoms with Crippen molar-refractivity contribution >= 4 is 11.0 Å². The van der Waals surface area contributed by atoms with Crippen molar-refractivity contribution < 1.29 is 0 Å². The largest absolute Gasteiger partial charge is 0.326 e. The van der Waals surface area contributed by atoms with E-state index in [1.807, 2.05) is 25.6 Å². The molecule has 2 rings (SSSR count). The minimum Gasteiger partial charge on any atom is -0.326 e. The summed E-state index contributed by atoms with van der Waals surface area (Å²) in [6.45, 7) is 6.63. The molecule has 80 valence electrons. The second kappa shape index (κ2) is 3.31. The van der Waals surface area contributed by atoms with Gasteiger partial charge in [0.25, 0.3) is 0 Å². The molecule has 0 radical (unpaired) electrons. The van der Waals surface area contributed by atoms with Crippen LogP contribution in [0.1, 0.15) is 22.5 Å². The molecule has 0 aromatic carbocycles. The quantitative estimate of drug-likeness (QED) is 0.763. The average Bonchev–Trinajstić information content (AvgIpc) is 2.42. The molecule has 0 saturated carbocycles. The van der Waals surface area contributed by atoms with E-state index >= 15 is 0 Å². The van der Waals surface area contributed by atoms with Crippen LogP contribution >= 0.6 is 0 Å². The Balaban J connectivity index is 2.94. The summed E-state index contributed by atoms with van der Waals surface area (Å²) in [7, 11) is 1.92. The molecule has 0 atom stereocenters. The fraction of sp³-hybridized carbons (Fsp3) is 0.455. The predicted octanol–water partition coefficient (Wildman–Crippen LogP) is 1.35. The Morgan fingerprint density at radius 3 is 2.47 bits per heavy atom. The molecule has 2 aromatic heterocycles. The molecule has 0 bridgehead atoms. The third-order valence-electron chi connectivity index (χ3n) is 2.93. The Morgan fingerprint density at radius 1 is 1.20 bits per heavy atom. The monoisotopic (exact) mass is 204 g/mol. The van der Waals surface area contributed by atoms with Crippen LogP contribution in [0.25, 0.3) is 11.0 Å². The van der Waals surface area contributed by atoms with Crippen LogP contribution in [0, 0.1) is 20.8 Å². The van der Waals surface area contributed by atoms with Crippen LogP contribution in [0.4, 0.5) is 0 Å². The van der Waals surface area contributed by atoms with Crippen molar-refractivity contribution in [2.45, 2.75) is 27.3 Å². The highest BCUT2D eigenvalue weighted by molar-refractivity contribution is 5.83. The van der Waals surface area contributed by atoms with Crippen molar-refractivity contribution in [3.63, 3.8) is 0 Å². The molecule has 0 aliphatic heterocycles. The van der Waals surface area contributed by atoms with Gasteiger partial charge in [0.05, 0.1) is 5.69 Å². The molecular formula is C11H16N4. The van der Waals surface area contributed by atoms with Crippen molar-refractivity contribution in [3.05, 3.63) is 22.5 Å². The van der Waals surface area contributed by atoms with E-state index in [2.05, 4.69) is 17.0 Å². The minimum atomic E-state index is 0.537. The number of nitrogens with two attached hydrogens (primary N) is 1. The lowest BCUT2D eigenvalue weighted by Crippen LogP contribution is -2.05. The third-order valence-corrected chi connectivity index (χ3v) is 2.93. The number of aromatic nitrogens is 3. The first-order chi connectivity index (χ1) is 7.06. The van der Waals surface area contributed by atoms with Gasteiger partial charge in [0, 0.05) is 24.7 Å². The van der Waals surface area contributed by atoms with E-state index in [1.54, 1.807) is 0 Å². The zero-order chi connectivity index (χ0) is 11.2. The van der Waals surface area contributed by atoms with Gasteiger partial charge in [0.1, 0.15) is 0 Å². The summed E-state index contributed by atoms with van der Waals surface area (Å²) in [6, 6.07) is 0. The molecule has 0 saturated heterocycles. The molecule has 2 aromatic rings. The number of rotatable bonds is 1. The molecule has 15 heavy (non-hydrogen) atoms. The number of nitrogens with zero attached hydrogens (tertiary/aromatic N) is 3. The molecule has 0 aliphatic rings. The molecule has 0 aliphatic carbocycles. The molecular weight excluding hydrogens is 188 g/mol. The fourth-order valence-electron chi connectivity index (χ4n) is 2.16. The Bertz CT molecular complexity index is 525. The Morgan fingerprint density at radius 2 is 1.87 bits per heavy atom. The number of hydrogen-bond acceptors (Lipinski definition) is 3. The summed E-state index contributed by atoms with van der Waals surface area (Å²) < 4.78 is 1.82. The maximum absolute atomic E-state index is 5.73. The van der Waals surface area contributed by atoms with Crippen LogP contribution in [-0.4, -0.2) is 14.8 Å². The highest BCUT2D eigenvalue weighted by Crippen LogP contribution is 2.24. The highest BCUT2D eigenvalue weighted by atomic mass is 15.3. The Hall–Kier alpha value is -1.42. The first-order valence-electron chi connectivity index (χ1n) is 5.05. The molecule has 0 amide bonds. The van der Waals surface area contributed by atoms with Gasteiger partial charge in [-0.15, -0.1) is 0 Å². The standard InChI is InChI=1S/C11H16N4/c1-6-9(5-12)7(2)13-11-10(6)8(3)14-15(11)4/h5,12H2,1-4H3. The topological polar surface area (TPSA) is 56.7 Å². The third kappa shape index (κ3) is 1.33. The maximum Gasteiger partial charge on any atom is 0.158 e. The normalized spacial score (nSPS) is 11.3. The van der Waals surface area contributed by atoms with E-state index in [9.17, 15) is 0 Å². The number of hydrogen-bond donors (Lipinski definition) is 1. The first-order valence-corrected chi connectivity index (χ1v) is 5.05. The Kier molecular flexibility index (Phi) is 2.23. The van der Waals surface area contributed by atoms with Crippen molar-refractivity contribution in [1.82, 2.24) is 14.8 Å². The van der Waals surface area contributed by atoms with Crippen LogP contribution in [0.15, 0.2) is 0 Å². The molecule has 4 heteroatoms. The van der Waals surface area contributed by atoms with Crippen LogP contribution < -0.4 is 5.73 Å². The van der Waals surface area contributed by atoms with Gasteiger partial charge in [0.15, 0.2) is 5.65 Å². The van der Waals surface area contributed by atoms with Gasteiger partial charge in [-0.25, -0.2) is 4.98 Å². The highest BCUT2D eigenvalue weighted by Gasteiger charge is 2.13. The summed E-state index contributed by atoms with van der Waals surface area (Å²) in [5.74, 6) is 0. The van der Waals surface area contributed by atoms with Gasteiger partial charge in [-0.3, -0.25) is 4.68 Å². The van der Waals surface area contributed by atoms with Gasteiger partial charge >= 0.3 is 0 Å². The lowest BCUT2D eigenvalue weighted by atomic mass is 10.0. The van der Waals surface area contributed by atoms with E-state index in [1.165, 1.54) is 5.56 Å². The zero-order valence-corrected chi connectivity index (χ0v) is 9.63. The van der Waals surface area contributed by atoms with Gasteiger partial charge in [-0.1, -0.05) is 0 Å². The smallest absolute Gasteiger partial charge is 0.158 e. The van der Waals surface area contributed by atoms with E-state index in [0.717, 1.165) is 28.0 Å². The number of fused-ring (bicyclic) bond motifs is 1. The Labute approximate surface area is 89.1 Å². The van der Waals surface area contributed by atoms with Crippen LogP contribution in [0.5, 0.6) is 0 Å². The molecule has 0 spiro atoms. The van der Waals surface area contributed by atoms with Crippen molar-refractivity contribution in [3.8, 4) is 0 Å². The fourth-order valence-corrected chi connectivity index (χ4v) is 2.16. The minimum absolute atomic E-state index is 0.537. The molecule has 2 heterocycles. The first kappa shape index (κ1) is 10.1. The summed E-state index contributed by atoms with van der Waals surface area (Å²) in [4.78, 5) is 4.55. The second-order valence-electron chi connectivity index (χ2n) is 3.91. The van der Waals surface area contributed by atoms with E-state index in [4.69, 9.17) is 5.73 Å². The number of aryl methyl sites for hydroxylation is 4. The molecule has 2 N–H and O–H groups in total. The lowest BCUT2D eigenvalue weighted by Gasteiger charge is -2.08. The van der Waals surface area contributed by atoms with Gasteiger partial charge in [-0.05, 0) is 31.9 Å². The lowest BCUT2D eigenvalue weighted by molar-refractivity contribution is 0.771. The SMILES string of the molecule is Cc1nc2c(c(C)nn2C)c(C)c1CN. The van der Waals surface area contributed by atoms with E-state index < -0.39 is 0 Å². The second-order valence-corrected chi connectivity index (χ2v) is 3.91. The van der Waals surface area contributed by atoms with E-state index in [-0.39, 0.29) is 0 Å². The van der Waals surface area contributed by atoms with Crippen molar-refractivity contribution in [2.24, 2.45) is 12.8 Å². The zero-order valence-electron chi connectivity index (χ0n) is 9.63. The molecule has 4 nitrogen and oxygen atoms in total. The summed E-state index contributed by atoms with van der Waals surface area (Å²) in [5, 5.41) is 5.52. The molecule has 0 unspecified atom stereocenters. The van der Waals surface area contributed by atoms with Crippen molar-refractivity contribution in [1.29, 1.82) is 0 Å². The van der Waals surface area contributed by atoms with Gasteiger partial charge in [0.2, 0.25) is 0 Å². The number of pyridine rings is 1. The predicted molar refractivity (Wildman–Crippen MR) is 60.6 cm³/mol. The van der Waals surface area contributed by atoms with Gasteiger partial charge in [-0.2, -0.15) is 5.10 Å². The van der Waals surface area contributed by atoms with Crippen molar-refractivity contribution in [2.75, 3.05) is 0 Å². The summed E-state index contributed by atoms with van der Waals surface area (Å²) in [6.07, 6.45) is 0. The van der Waals surface area contributed by atoms with E-state index in [0.29, 0.717) is 6.54 Å². The van der Waals surface area contributed by atoms with Gasteiger partial charge < -0.3 is 5.73 Å². The molecule has 0 fully saturated rings. The summed E-state index contributed by atoms with van der Waals surface area (Å²) in [5.41, 5.74) is 11.1.